The van der Waals surface area contributed by atoms with Gasteiger partial charge in [0.15, 0.2) is 0 Å². The Morgan fingerprint density at radius 3 is 3.00 bits per heavy atom. The molecule has 1 aromatic heterocycles. The number of anilines is 1. The van der Waals surface area contributed by atoms with Crippen LogP contribution in [-0.4, -0.2) is 35.4 Å². The van der Waals surface area contributed by atoms with Crippen molar-refractivity contribution in [3.63, 3.8) is 0 Å². The first-order chi connectivity index (χ1) is 7.77. The van der Waals surface area contributed by atoms with Crippen molar-refractivity contribution in [2.24, 2.45) is 0 Å². The van der Waals surface area contributed by atoms with Crippen LogP contribution in [-0.2, 0) is 0 Å². The molecule has 16 heavy (non-hydrogen) atoms. The topological polar surface area (TPSA) is 41.0 Å². The smallest absolute Gasteiger partial charge is 0.208 e. The van der Waals surface area contributed by atoms with Crippen molar-refractivity contribution in [3.05, 3.63) is 5.51 Å². The van der Waals surface area contributed by atoms with Crippen molar-refractivity contribution in [2.45, 2.75) is 45.2 Å². The van der Waals surface area contributed by atoms with Crippen LogP contribution in [0.15, 0.2) is 5.51 Å². The maximum Gasteiger partial charge on any atom is 0.208 e. The van der Waals surface area contributed by atoms with E-state index in [9.17, 15) is 0 Å². The normalized spacial score (nSPS) is 21.3. The van der Waals surface area contributed by atoms with Crippen LogP contribution in [0.25, 0.3) is 0 Å². The average Bonchev–Trinajstić information content (AvgIpc) is 2.80. The van der Waals surface area contributed by atoms with Crippen molar-refractivity contribution in [3.8, 4) is 0 Å². The number of rotatable bonds is 4. The summed E-state index contributed by atoms with van der Waals surface area (Å²) in [5, 5.41) is 12.7. The molecule has 1 aliphatic rings. The van der Waals surface area contributed by atoms with E-state index >= 15 is 0 Å². The molecule has 1 unspecified atom stereocenters. The van der Waals surface area contributed by atoms with Crippen LogP contribution in [0, 0.1) is 0 Å². The summed E-state index contributed by atoms with van der Waals surface area (Å²) >= 11 is 1.62. The minimum Gasteiger partial charge on any atom is -0.343 e. The van der Waals surface area contributed by atoms with Gasteiger partial charge in [0.05, 0.1) is 0 Å². The van der Waals surface area contributed by atoms with Crippen LogP contribution in [0.5, 0.6) is 0 Å². The highest BCUT2D eigenvalue weighted by Crippen LogP contribution is 2.20. The van der Waals surface area contributed by atoms with E-state index in [4.69, 9.17) is 0 Å². The van der Waals surface area contributed by atoms with Crippen molar-refractivity contribution < 1.29 is 0 Å². The number of piperidine rings is 1. The maximum atomic E-state index is 4.17. The minimum atomic E-state index is 0.483. The van der Waals surface area contributed by atoms with Crippen LogP contribution in [0.3, 0.4) is 0 Å². The Hall–Kier alpha value is -0.680. The predicted octanol–water partition coefficient (Wildman–Crippen LogP) is 1.89. The van der Waals surface area contributed by atoms with Crippen molar-refractivity contribution in [1.29, 1.82) is 0 Å². The molecule has 1 aliphatic heterocycles. The van der Waals surface area contributed by atoms with Gasteiger partial charge in [0, 0.05) is 18.6 Å². The molecule has 0 bridgehead atoms. The molecule has 0 aliphatic carbocycles. The molecule has 1 saturated heterocycles. The van der Waals surface area contributed by atoms with Gasteiger partial charge >= 0.3 is 0 Å². The summed E-state index contributed by atoms with van der Waals surface area (Å²) in [7, 11) is 0. The highest BCUT2D eigenvalue weighted by molar-refractivity contribution is 7.13. The van der Waals surface area contributed by atoms with Gasteiger partial charge < -0.3 is 10.2 Å². The molecule has 0 saturated carbocycles. The second kappa shape index (κ2) is 5.59. The summed E-state index contributed by atoms with van der Waals surface area (Å²) in [5.41, 5.74) is 1.80. The van der Waals surface area contributed by atoms with Crippen LogP contribution in [0.2, 0.25) is 0 Å². The summed E-state index contributed by atoms with van der Waals surface area (Å²) in [5.74, 6) is 0. The van der Waals surface area contributed by atoms with Gasteiger partial charge in [0.1, 0.15) is 5.51 Å². The molecule has 90 valence electrons. The minimum absolute atomic E-state index is 0.483. The third-order valence-corrected chi connectivity index (χ3v) is 3.77. The average molecular weight is 240 g/mol. The molecule has 0 radical (unpaired) electrons. The Morgan fingerprint density at radius 1 is 1.56 bits per heavy atom. The van der Waals surface area contributed by atoms with Gasteiger partial charge in [-0.3, -0.25) is 0 Å². The number of nitrogens with zero attached hydrogens (tertiary/aromatic N) is 3. The molecule has 1 fully saturated rings. The van der Waals surface area contributed by atoms with Crippen molar-refractivity contribution in [2.75, 3.05) is 18.0 Å². The van der Waals surface area contributed by atoms with Crippen molar-refractivity contribution in [1.82, 2.24) is 15.5 Å². The molecular weight excluding hydrogens is 220 g/mol. The zero-order valence-corrected chi connectivity index (χ0v) is 10.8. The first kappa shape index (κ1) is 11.8. The molecule has 1 N–H and O–H groups in total. The zero-order chi connectivity index (χ0) is 11.4. The van der Waals surface area contributed by atoms with Crippen molar-refractivity contribution >= 4 is 16.5 Å². The first-order valence-corrected chi connectivity index (χ1v) is 6.91. The van der Waals surface area contributed by atoms with Gasteiger partial charge in [-0.05, 0) is 33.2 Å². The standard InChI is InChI=1S/C11H20N4S/c1-9(2)15(11-14-13-8-16-11)7-10-5-3-4-6-12-10/h8-10,12H,3-7H2,1-2H3. The van der Waals surface area contributed by atoms with E-state index < -0.39 is 0 Å². The van der Waals surface area contributed by atoms with E-state index in [1.807, 2.05) is 0 Å². The maximum absolute atomic E-state index is 4.17. The van der Waals surface area contributed by atoms with Gasteiger partial charge in [-0.15, -0.1) is 10.2 Å². The van der Waals surface area contributed by atoms with Crippen LogP contribution < -0.4 is 10.2 Å². The molecule has 0 spiro atoms. The van der Waals surface area contributed by atoms with E-state index in [1.165, 1.54) is 19.3 Å². The summed E-state index contributed by atoms with van der Waals surface area (Å²) in [6, 6.07) is 1.09. The number of hydrogen-bond acceptors (Lipinski definition) is 5. The third-order valence-electron chi connectivity index (χ3n) is 3.05. The molecule has 2 rings (SSSR count). The number of nitrogens with one attached hydrogen (secondary N) is 1. The fourth-order valence-electron chi connectivity index (χ4n) is 2.12. The Labute approximate surface area is 101 Å². The monoisotopic (exact) mass is 240 g/mol. The van der Waals surface area contributed by atoms with E-state index in [0.29, 0.717) is 12.1 Å². The lowest BCUT2D eigenvalue weighted by Crippen LogP contribution is -2.46. The third kappa shape index (κ3) is 2.92. The van der Waals surface area contributed by atoms with E-state index in [0.717, 1.165) is 18.2 Å². The Balaban J connectivity index is 1.97. The first-order valence-electron chi connectivity index (χ1n) is 6.03. The summed E-state index contributed by atoms with van der Waals surface area (Å²) in [6.07, 6.45) is 3.94. The molecule has 2 heterocycles. The quantitative estimate of drug-likeness (QED) is 0.872. The lowest BCUT2D eigenvalue weighted by atomic mass is 10.0. The fraction of sp³-hybridized carbons (Fsp3) is 0.818. The lowest BCUT2D eigenvalue weighted by Gasteiger charge is -2.32. The van der Waals surface area contributed by atoms with E-state index in [2.05, 4.69) is 34.3 Å². The molecular formula is C11H20N4S. The predicted molar refractivity (Wildman–Crippen MR) is 68.0 cm³/mol. The summed E-state index contributed by atoms with van der Waals surface area (Å²) < 4.78 is 0. The zero-order valence-electron chi connectivity index (χ0n) is 10.0. The van der Waals surface area contributed by atoms with Gasteiger partial charge in [-0.1, -0.05) is 17.8 Å². The van der Waals surface area contributed by atoms with Gasteiger partial charge in [0.25, 0.3) is 0 Å². The molecule has 5 heteroatoms. The van der Waals surface area contributed by atoms with E-state index in [-0.39, 0.29) is 0 Å². The molecule has 1 aromatic rings. The Bertz CT molecular complexity index is 293. The highest BCUT2D eigenvalue weighted by Gasteiger charge is 2.20. The largest absolute Gasteiger partial charge is 0.343 e. The summed E-state index contributed by atoms with van der Waals surface area (Å²) in [6.45, 7) is 6.63. The Morgan fingerprint density at radius 2 is 2.44 bits per heavy atom. The Kier molecular flexibility index (Phi) is 4.12. The SMILES string of the molecule is CC(C)N(CC1CCCCN1)c1nncs1. The fourth-order valence-corrected chi connectivity index (χ4v) is 2.82. The van der Waals surface area contributed by atoms with Crippen LogP contribution in [0.1, 0.15) is 33.1 Å². The van der Waals surface area contributed by atoms with Crippen LogP contribution in [0.4, 0.5) is 5.13 Å². The lowest BCUT2D eigenvalue weighted by molar-refractivity contribution is 0.393. The van der Waals surface area contributed by atoms with Gasteiger partial charge in [-0.25, -0.2) is 0 Å². The second-order valence-corrected chi connectivity index (χ2v) is 5.43. The molecule has 1 atom stereocenters. The van der Waals surface area contributed by atoms with E-state index in [1.54, 1.807) is 16.8 Å². The molecule has 0 aromatic carbocycles. The molecule has 0 amide bonds. The number of hydrogen-bond donors (Lipinski definition) is 1. The van der Waals surface area contributed by atoms with Gasteiger partial charge in [0.2, 0.25) is 5.13 Å². The number of aromatic nitrogens is 2. The molecule has 4 nitrogen and oxygen atoms in total. The van der Waals surface area contributed by atoms with Crippen LogP contribution >= 0.6 is 11.3 Å². The second-order valence-electron chi connectivity index (χ2n) is 4.61. The highest BCUT2D eigenvalue weighted by atomic mass is 32.1. The summed E-state index contributed by atoms with van der Waals surface area (Å²) in [4.78, 5) is 2.35. The van der Waals surface area contributed by atoms with Gasteiger partial charge in [-0.2, -0.15) is 0 Å².